The molecule has 7 nitrogen and oxygen atoms in total. The van der Waals surface area contributed by atoms with E-state index in [9.17, 15) is 9.90 Å². The molecule has 0 amide bonds. The Hall–Kier alpha value is -2.28. The van der Waals surface area contributed by atoms with Crippen molar-refractivity contribution < 1.29 is 23.9 Å². The fourth-order valence-electron chi connectivity index (χ4n) is 1.66. The second-order valence-corrected chi connectivity index (χ2v) is 4.47. The first-order valence-electron chi connectivity index (χ1n) is 6.10. The third kappa shape index (κ3) is 3.43. The van der Waals surface area contributed by atoms with Gasteiger partial charge in [-0.15, -0.1) is 0 Å². The van der Waals surface area contributed by atoms with Crippen molar-refractivity contribution in [1.29, 1.82) is 0 Å². The Morgan fingerprint density at radius 1 is 1.48 bits per heavy atom. The molecule has 1 N–H and O–H groups in total. The second-order valence-electron chi connectivity index (χ2n) is 4.04. The van der Waals surface area contributed by atoms with Gasteiger partial charge in [-0.2, -0.15) is 4.98 Å². The van der Waals surface area contributed by atoms with Crippen LogP contribution in [0.1, 0.15) is 29.0 Å². The van der Waals surface area contributed by atoms with E-state index in [-0.39, 0.29) is 28.7 Å². The maximum absolute atomic E-state index is 11.3. The van der Waals surface area contributed by atoms with Crippen molar-refractivity contribution in [1.82, 2.24) is 10.1 Å². The van der Waals surface area contributed by atoms with Gasteiger partial charge in [-0.1, -0.05) is 23.7 Å². The smallest absolute Gasteiger partial charge is 0.339 e. The van der Waals surface area contributed by atoms with E-state index in [1.165, 1.54) is 19.2 Å². The first kappa shape index (κ1) is 15.1. The summed E-state index contributed by atoms with van der Waals surface area (Å²) in [5.74, 6) is -0.0835. The number of methoxy groups -OCH3 is 1. The molecule has 21 heavy (non-hydrogen) atoms. The Kier molecular flexibility index (Phi) is 4.64. The molecule has 0 radical (unpaired) electrons. The van der Waals surface area contributed by atoms with Crippen LogP contribution in [-0.4, -0.2) is 28.3 Å². The van der Waals surface area contributed by atoms with Crippen LogP contribution < -0.4 is 9.47 Å². The normalized spacial score (nSPS) is 10.4. The van der Waals surface area contributed by atoms with Crippen LogP contribution in [0.3, 0.4) is 0 Å². The van der Waals surface area contributed by atoms with Crippen LogP contribution in [0.4, 0.5) is 0 Å². The Morgan fingerprint density at radius 2 is 2.24 bits per heavy atom. The van der Waals surface area contributed by atoms with Crippen molar-refractivity contribution in [3.05, 3.63) is 34.4 Å². The van der Waals surface area contributed by atoms with E-state index in [1.807, 2.05) is 6.92 Å². The number of hydrogen-bond acceptors (Lipinski definition) is 6. The van der Waals surface area contributed by atoms with Crippen molar-refractivity contribution in [2.45, 2.75) is 20.0 Å². The lowest BCUT2D eigenvalue weighted by molar-refractivity contribution is 0.0690. The summed E-state index contributed by atoms with van der Waals surface area (Å²) >= 11 is 5.85. The van der Waals surface area contributed by atoms with Crippen LogP contribution in [0.25, 0.3) is 0 Å². The number of ether oxygens (including phenoxy) is 2. The van der Waals surface area contributed by atoms with Gasteiger partial charge in [0, 0.05) is 17.5 Å². The first-order valence-corrected chi connectivity index (χ1v) is 6.48. The molecule has 0 bridgehead atoms. The van der Waals surface area contributed by atoms with Crippen LogP contribution >= 0.6 is 11.6 Å². The monoisotopic (exact) mass is 312 g/mol. The number of aryl methyl sites for hydroxylation is 1. The van der Waals surface area contributed by atoms with E-state index in [4.69, 9.17) is 25.6 Å². The number of carboxylic acids is 1. The summed E-state index contributed by atoms with van der Waals surface area (Å²) in [6.45, 7) is 1.84. The second kappa shape index (κ2) is 6.45. The van der Waals surface area contributed by atoms with Gasteiger partial charge in [0.2, 0.25) is 11.7 Å². The topological polar surface area (TPSA) is 94.7 Å². The average molecular weight is 313 g/mol. The Labute approximate surface area is 125 Å². The van der Waals surface area contributed by atoms with Crippen LogP contribution in [0.15, 0.2) is 16.7 Å². The van der Waals surface area contributed by atoms with Crippen LogP contribution in [-0.2, 0) is 13.0 Å². The largest absolute Gasteiger partial charge is 0.493 e. The molecule has 1 aromatic carbocycles. The predicted octanol–water partition coefficient (Wildman–Crippen LogP) is 2.57. The fraction of sp³-hybridized carbons (Fsp3) is 0.308. The number of hydrogen-bond donors (Lipinski definition) is 1. The highest BCUT2D eigenvalue weighted by Crippen LogP contribution is 2.35. The van der Waals surface area contributed by atoms with Gasteiger partial charge in [-0.3, -0.25) is 0 Å². The van der Waals surface area contributed by atoms with Gasteiger partial charge in [0.15, 0.2) is 18.1 Å². The Balaban J connectivity index is 2.27. The average Bonchev–Trinajstić information content (AvgIpc) is 2.92. The summed E-state index contributed by atoms with van der Waals surface area (Å²) in [6, 6.07) is 2.76. The molecule has 0 atom stereocenters. The molecule has 0 aliphatic heterocycles. The standard InChI is InChI=1S/C13H13ClN2O5/c1-3-11-15-10(16-21-11)6-20-12-8(13(17)18)4-7(14)5-9(12)19-2/h4-5H,3,6H2,1-2H3,(H,17,18). The zero-order chi connectivity index (χ0) is 15.4. The van der Waals surface area contributed by atoms with Gasteiger partial charge in [0.05, 0.1) is 7.11 Å². The molecule has 0 fully saturated rings. The number of rotatable bonds is 6. The summed E-state index contributed by atoms with van der Waals surface area (Å²) in [4.78, 5) is 15.3. The maximum atomic E-state index is 11.3. The highest BCUT2D eigenvalue weighted by molar-refractivity contribution is 6.31. The minimum Gasteiger partial charge on any atom is -0.493 e. The van der Waals surface area contributed by atoms with Crippen LogP contribution in [0, 0.1) is 0 Å². The number of carbonyl (C=O) groups is 1. The highest BCUT2D eigenvalue weighted by atomic mass is 35.5. The number of carboxylic acid groups (broad SMARTS) is 1. The lowest BCUT2D eigenvalue weighted by atomic mass is 10.2. The van der Waals surface area contributed by atoms with Crippen LogP contribution in [0.5, 0.6) is 11.5 Å². The van der Waals surface area contributed by atoms with Crippen molar-refractivity contribution in [2.75, 3.05) is 7.11 Å². The van der Waals surface area contributed by atoms with E-state index >= 15 is 0 Å². The zero-order valence-electron chi connectivity index (χ0n) is 11.4. The molecule has 0 aliphatic rings. The zero-order valence-corrected chi connectivity index (χ0v) is 12.2. The molecular weight excluding hydrogens is 300 g/mol. The molecule has 0 aliphatic carbocycles. The van der Waals surface area contributed by atoms with E-state index in [0.29, 0.717) is 18.1 Å². The highest BCUT2D eigenvalue weighted by Gasteiger charge is 2.19. The van der Waals surface area contributed by atoms with Crippen LogP contribution in [0.2, 0.25) is 5.02 Å². The van der Waals surface area contributed by atoms with Crippen molar-refractivity contribution in [3.63, 3.8) is 0 Å². The van der Waals surface area contributed by atoms with E-state index in [0.717, 1.165) is 0 Å². The van der Waals surface area contributed by atoms with Gasteiger partial charge in [0.1, 0.15) is 5.56 Å². The SMILES string of the molecule is CCc1nc(COc2c(OC)cc(Cl)cc2C(=O)O)no1. The molecule has 1 heterocycles. The Morgan fingerprint density at radius 3 is 2.81 bits per heavy atom. The molecule has 0 saturated carbocycles. The minimum absolute atomic E-state index is 0.0399. The first-order chi connectivity index (χ1) is 10.0. The van der Waals surface area contributed by atoms with Gasteiger partial charge >= 0.3 is 5.97 Å². The molecular formula is C13H13ClN2O5. The lowest BCUT2D eigenvalue weighted by Gasteiger charge is -2.12. The van der Waals surface area contributed by atoms with E-state index < -0.39 is 5.97 Å². The quantitative estimate of drug-likeness (QED) is 0.875. The molecule has 2 aromatic rings. The van der Waals surface area contributed by atoms with E-state index in [2.05, 4.69) is 10.1 Å². The third-order valence-electron chi connectivity index (χ3n) is 2.63. The summed E-state index contributed by atoms with van der Waals surface area (Å²) in [5, 5.41) is 13.2. The predicted molar refractivity (Wildman–Crippen MR) is 73.0 cm³/mol. The fourth-order valence-corrected chi connectivity index (χ4v) is 1.87. The van der Waals surface area contributed by atoms with Gasteiger partial charge in [-0.05, 0) is 6.07 Å². The van der Waals surface area contributed by atoms with Crippen molar-refractivity contribution in [3.8, 4) is 11.5 Å². The molecule has 1 aromatic heterocycles. The summed E-state index contributed by atoms with van der Waals surface area (Å²) in [5.41, 5.74) is -0.0986. The van der Waals surface area contributed by atoms with E-state index in [1.54, 1.807) is 0 Å². The molecule has 112 valence electrons. The van der Waals surface area contributed by atoms with Gasteiger partial charge < -0.3 is 19.1 Å². The minimum atomic E-state index is -1.17. The third-order valence-corrected chi connectivity index (χ3v) is 2.85. The molecule has 8 heteroatoms. The maximum Gasteiger partial charge on any atom is 0.339 e. The van der Waals surface area contributed by atoms with Crippen molar-refractivity contribution >= 4 is 17.6 Å². The van der Waals surface area contributed by atoms with Gasteiger partial charge in [0.25, 0.3) is 0 Å². The van der Waals surface area contributed by atoms with Crippen molar-refractivity contribution in [2.24, 2.45) is 0 Å². The number of nitrogens with zero attached hydrogens (tertiary/aromatic N) is 2. The summed E-state index contributed by atoms with van der Waals surface area (Å²) < 4.78 is 15.5. The molecule has 0 saturated heterocycles. The Bertz CT molecular complexity index is 656. The summed E-state index contributed by atoms with van der Waals surface area (Å²) in [7, 11) is 1.40. The number of aromatic nitrogens is 2. The number of benzene rings is 1. The summed E-state index contributed by atoms with van der Waals surface area (Å²) in [6.07, 6.45) is 0.609. The molecule has 2 rings (SSSR count). The lowest BCUT2D eigenvalue weighted by Crippen LogP contribution is -2.06. The van der Waals surface area contributed by atoms with Gasteiger partial charge in [-0.25, -0.2) is 4.79 Å². The molecule has 0 spiro atoms. The number of halogens is 1. The molecule has 0 unspecified atom stereocenters. The number of aromatic carboxylic acids is 1.